The lowest BCUT2D eigenvalue weighted by atomic mass is 9.98. The zero-order chi connectivity index (χ0) is 13.6. The minimum absolute atomic E-state index is 0.0212. The van der Waals surface area contributed by atoms with Crippen molar-refractivity contribution in [1.82, 2.24) is 4.90 Å². The molecule has 1 aliphatic heterocycles. The molecule has 1 atom stereocenters. The molecule has 1 heterocycles. The van der Waals surface area contributed by atoms with Crippen LogP contribution in [0.3, 0.4) is 0 Å². The van der Waals surface area contributed by atoms with E-state index in [4.69, 9.17) is 0 Å². The van der Waals surface area contributed by atoms with Gasteiger partial charge in [-0.2, -0.15) is 13.2 Å². The van der Waals surface area contributed by atoms with Crippen molar-refractivity contribution >= 4 is 5.97 Å². The van der Waals surface area contributed by atoms with E-state index in [0.29, 0.717) is 13.1 Å². The third-order valence-corrected chi connectivity index (χ3v) is 2.86. The smallest absolute Gasteiger partial charge is 0.411 e. The highest BCUT2D eigenvalue weighted by atomic mass is 19.4. The molecule has 1 fully saturated rings. The maximum absolute atomic E-state index is 11.8. The predicted molar refractivity (Wildman–Crippen MR) is 58.1 cm³/mol. The van der Waals surface area contributed by atoms with E-state index in [1.165, 1.54) is 7.11 Å². The number of carbonyl (C=O) groups is 1. The van der Waals surface area contributed by atoms with Crippen molar-refractivity contribution in [2.75, 3.05) is 40.0 Å². The second-order valence-electron chi connectivity index (χ2n) is 4.33. The Hall–Kier alpha value is -0.820. The number of esters is 1. The number of hydrogen-bond acceptors (Lipinski definition) is 4. The highest BCUT2D eigenvalue weighted by Gasteiger charge is 2.28. The summed E-state index contributed by atoms with van der Waals surface area (Å²) in [5.74, 6) is -0.428. The van der Waals surface area contributed by atoms with Crippen LogP contribution >= 0.6 is 0 Å². The van der Waals surface area contributed by atoms with Crippen molar-refractivity contribution in [3.8, 4) is 0 Å². The van der Waals surface area contributed by atoms with Crippen molar-refractivity contribution < 1.29 is 27.4 Å². The molecule has 0 amide bonds. The molecule has 0 aromatic rings. The van der Waals surface area contributed by atoms with Gasteiger partial charge in [0.2, 0.25) is 0 Å². The van der Waals surface area contributed by atoms with Gasteiger partial charge < -0.3 is 14.4 Å². The Bertz CT molecular complexity index is 271. The summed E-state index contributed by atoms with van der Waals surface area (Å²) in [6, 6.07) is 0. The van der Waals surface area contributed by atoms with Crippen LogP contribution in [0.1, 0.15) is 12.8 Å². The molecular weight excluding hydrogens is 251 g/mol. The number of halogens is 3. The van der Waals surface area contributed by atoms with Crippen molar-refractivity contribution in [3.05, 3.63) is 0 Å². The highest BCUT2D eigenvalue weighted by Crippen LogP contribution is 2.18. The molecule has 0 radical (unpaired) electrons. The number of ether oxygens (including phenoxy) is 2. The highest BCUT2D eigenvalue weighted by molar-refractivity contribution is 5.72. The van der Waals surface area contributed by atoms with Crippen LogP contribution in [0.4, 0.5) is 13.2 Å². The fourth-order valence-corrected chi connectivity index (χ4v) is 2.00. The maximum atomic E-state index is 11.8. The zero-order valence-corrected chi connectivity index (χ0v) is 10.3. The van der Waals surface area contributed by atoms with Gasteiger partial charge in [-0.05, 0) is 19.4 Å². The molecule has 0 aromatic carbocycles. The van der Waals surface area contributed by atoms with Crippen LogP contribution < -0.4 is 0 Å². The molecular formula is C11H18F3NO3. The number of nitrogens with zero attached hydrogens (tertiary/aromatic N) is 1. The van der Waals surface area contributed by atoms with Crippen LogP contribution in [-0.4, -0.2) is 57.0 Å². The van der Waals surface area contributed by atoms with Crippen LogP contribution in [0.5, 0.6) is 0 Å². The van der Waals surface area contributed by atoms with Gasteiger partial charge >= 0.3 is 12.1 Å². The largest absolute Gasteiger partial charge is 0.469 e. The molecule has 0 aliphatic carbocycles. The number of alkyl halides is 3. The third kappa shape index (κ3) is 5.68. The summed E-state index contributed by atoms with van der Waals surface area (Å²) in [7, 11) is 1.34. The molecule has 18 heavy (non-hydrogen) atoms. The van der Waals surface area contributed by atoms with Crippen LogP contribution in [0, 0.1) is 5.92 Å². The monoisotopic (exact) mass is 269 g/mol. The fraction of sp³-hybridized carbons (Fsp3) is 0.909. The minimum atomic E-state index is -4.28. The minimum Gasteiger partial charge on any atom is -0.469 e. The molecule has 0 spiro atoms. The van der Waals surface area contributed by atoms with E-state index in [2.05, 4.69) is 9.47 Å². The molecule has 1 rings (SSSR count). The number of rotatable bonds is 5. The Morgan fingerprint density at radius 3 is 2.78 bits per heavy atom. The summed E-state index contributed by atoms with van der Waals surface area (Å²) < 4.78 is 44.7. The third-order valence-electron chi connectivity index (χ3n) is 2.86. The topological polar surface area (TPSA) is 38.8 Å². The number of piperidine rings is 1. The molecule has 1 saturated heterocycles. The number of hydrogen-bond donors (Lipinski definition) is 0. The quantitative estimate of drug-likeness (QED) is 0.559. The summed E-state index contributed by atoms with van der Waals surface area (Å²) in [4.78, 5) is 13.3. The van der Waals surface area contributed by atoms with Gasteiger partial charge in [-0.15, -0.1) is 0 Å². The van der Waals surface area contributed by atoms with Crippen LogP contribution in [0.15, 0.2) is 0 Å². The lowest BCUT2D eigenvalue weighted by Crippen LogP contribution is -2.40. The first-order valence-electron chi connectivity index (χ1n) is 5.87. The molecule has 7 heteroatoms. The van der Waals surface area contributed by atoms with Crippen molar-refractivity contribution in [1.29, 1.82) is 0 Å². The summed E-state index contributed by atoms with van der Waals surface area (Å²) in [5.41, 5.74) is 0. The van der Waals surface area contributed by atoms with Gasteiger partial charge in [0.25, 0.3) is 0 Å². The Morgan fingerprint density at radius 1 is 1.44 bits per heavy atom. The molecule has 0 N–H and O–H groups in total. The predicted octanol–water partition coefficient (Wildman–Crippen LogP) is 1.45. The van der Waals surface area contributed by atoms with E-state index in [1.807, 2.05) is 4.90 Å². The van der Waals surface area contributed by atoms with Crippen LogP contribution in [0.2, 0.25) is 0 Å². The van der Waals surface area contributed by atoms with E-state index < -0.39 is 12.8 Å². The zero-order valence-electron chi connectivity index (χ0n) is 10.3. The number of carbonyl (C=O) groups excluding carboxylic acids is 1. The molecule has 0 aromatic heterocycles. The molecule has 4 nitrogen and oxygen atoms in total. The number of methoxy groups -OCH3 is 1. The van der Waals surface area contributed by atoms with E-state index in [0.717, 1.165) is 19.4 Å². The van der Waals surface area contributed by atoms with Gasteiger partial charge in [0.05, 0.1) is 19.6 Å². The summed E-state index contributed by atoms with van der Waals surface area (Å²) in [6.45, 7) is 0.517. The molecule has 106 valence electrons. The number of likely N-dealkylation sites (tertiary alicyclic amines) is 1. The average Bonchev–Trinajstić information content (AvgIpc) is 2.33. The molecule has 0 bridgehead atoms. The Kier molecular flexibility index (Phi) is 5.87. The lowest BCUT2D eigenvalue weighted by Gasteiger charge is -2.31. The summed E-state index contributed by atoms with van der Waals surface area (Å²) >= 11 is 0. The van der Waals surface area contributed by atoms with Gasteiger partial charge in [0.1, 0.15) is 6.61 Å². The van der Waals surface area contributed by atoms with Crippen LogP contribution in [-0.2, 0) is 14.3 Å². The first kappa shape index (κ1) is 15.2. The SMILES string of the molecule is COC(=O)C1CCCN(CCOCC(F)(F)F)C1. The standard InChI is InChI=1S/C11H18F3NO3/c1-17-10(16)9-3-2-4-15(7-9)5-6-18-8-11(12,13)14/h9H,2-8H2,1H3. The molecule has 1 unspecified atom stereocenters. The van der Waals surface area contributed by atoms with Gasteiger partial charge in [-0.1, -0.05) is 0 Å². The second kappa shape index (κ2) is 6.94. The van der Waals surface area contributed by atoms with E-state index >= 15 is 0 Å². The van der Waals surface area contributed by atoms with Crippen molar-refractivity contribution in [3.63, 3.8) is 0 Å². The Labute approximate surface area is 104 Å². The molecule has 1 aliphatic rings. The van der Waals surface area contributed by atoms with Crippen molar-refractivity contribution in [2.45, 2.75) is 19.0 Å². The normalized spacial score (nSPS) is 21.9. The maximum Gasteiger partial charge on any atom is 0.411 e. The fourth-order valence-electron chi connectivity index (χ4n) is 2.00. The van der Waals surface area contributed by atoms with Crippen LogP contribution in [0.25, 0.3) is 0 Å². The summed E-state index contributed by atoms with van der Waals surface area (Å²) in [5, 5.41) is 0. The van der Waals surface area contributed by atoms with E-state index in [9.17, 15) is 18.0 Å². The van der Waals surface area contributed by atoms with Crippen molar-refractivity contribution in [2.24, 2.45) is 5.92 Å². The first-order valence-corrected chi connectivity index (χ1v) is 5.87. The molecule has 0 saturated carbocycles. The average molecular weight is 269 g/mol. The Balaban J connectivity index is 2.20. The Morgan fingerprint density at radius 2 is 2.17 bits per heavy atom. The van der Waals surface area contributed by atoms with Gasteiger partial charge in [-0.3, -0.25) is 4.79 Å². The van der Waals surface area contributed by atoms with E-state index in [1.54, 1.807) is 0 Å². The summed E-state index contributed by atoms with van der Waals surface area (Å²) in [6.07, 6.45) is -2.66. The van der Waals surface area contributed by atoms with E-state index in [-0.39, 0.29) is 18.5 Å². The van der Waals surface area contributed by atoms with Gasteiger partial charge in [0, 0.05) is 13.1 Å². The first-order chi connectivity index (χ1) is 8.42. The van der Waals surface area contributed by atoms with Gasteiger partial charge in [0.15, 0.2) is 0 Å². The van der Waals surface area contributed by atoms with Gasteiger partial charge in [-0.25, -0.2) is 0 Å². The lowest BCUT2D eigenvalue weighted by molar-refractivity contribution is -0.174. The second-order valence-corrected chi connectivity index (χ2v) is 4.33.